The summed E-state index contributed by atoms with van der Waals surface area (Å²) in [5.74, 6) is -0.297. The van der Waals surface area contributed by atoms with E-state index >= 15 is 0 Å². The minimum Gasteiger partial charge on any atom is -0.292 e. The zero-order valence-corrected chi connectivity index (χ0v) is 11.4. The van der Waals surface area contributed by atoms with E-state index in [2.05, 4.69) is 0 Å². The molecule has 1 aromatic rings. The molecule has 0 N–H and O–H groups in total. The first-order valence-corrected chi connectivity index (χ1v) is 7.18. The summed E-state index contributed by atoms with van der Waals surface area (Å²) in [7, 11) is -3.26. The van der Waals surface area contributed by atoms with Gasteiger partial charge in [0.05, 0.1) is 16.7 Å². The van der Waals surface area contributed by atoms with Gasteiger partial charge in [0.2, 0.25) is 0 Å². The van der Waals surface area contributed by atoms with Crippen LogP contribution >= 0.6 is 0 Å². The first-order chi connectivity index (χ1) is 8.24. The molecule has 18 heavy (non-hydrogen) atoms. The highest BCUT2D eigenvalue weighted by Gasteiger charge is 2.28. The Balaban J connectivity index is 3.13. The molecule has 0 spiro atoms. The van der Waals surface area contributed by atoms with E-state index in [1.165, 1.54) is 38.1 Å². The molecule has 0 aliphatic rings. The molecule has 0 aliphatic carbocycles. The number of ketones is 1. The van der Waals surface area contributed by atoms with Gasteiger partial charge >= 0.3 is 0 Å². The van der Waals surface area contributed by atoms with Crippen molar-refractivity contribution in [3.8, 4) is 6.07 Å². The fourth-order valence-electron chi connectivity index (χ4n) is 1.39. The number of nitrogens with zero attached hydrogens (tertiary/aromatic N) is 1. The quantitative estimate of drug-likeness (QED) is 0.782. The van der Waals surface area contributed by atoms with Crippen molar-refractivity contribution in [2.75, 3.05) is 5.75 Å². The highest BCUT2D eigenvalue weighted by molar-refractivity contribution is 7.91. The van der Waals surface area contributed by atoms with Crippen molar-refractivity contribution in [3.05, 3.63) is 29.8 Å². The first kappa shape index (κ1) is 14.4. The Morgan fingerprint density at radius 3 is 2.17 bits per heavy atom. The SMILES string of the molecule is CCS(=O)(=O)c1ccc(C(=O)C(C)(C)C#N)cc1. The second kappa shape index (κ2) is 4.91. The molecule has 0 fully saturated rings. The normalized spacial score (nSPS) is 11.9. The highest BCUT2D eigenvalue weighted by atomic mass is 32.2. The van der Waals surface area contributed by atoms with Crippen LogP contribution in [0.2, 0.25) is 0 Å². The second-order valence-corrected chi connectivity index (χ2v) is 6.77. The number of hydrogen-bond acceptors (Lipinski definition) is 4. The van der Waals surface area contributed by atoms with E-state index < -0.39 is 15.3 Å². The first-order valence-electron chi connectivity index (χ1n) is 5.53. The van der Waals surface area contributed by atoms with Crippen LogP contribution in [0.25, 0.3) is 0 Å². The standard InChI is InChI=1S/C13H15NO3S/c1-4-18(16,17)11-7-5-10(6-8-11)12(15)13(2,3)9-14/h5-8H,4H2,1-3H3. The number of Topliss-reactive ketones (excluding diaryl/α,β-unsaturated/α-hetero) is 1. The van der Waals surface area contributed by atoms with Crippen LogP contribution in [0.3, 0.4) is 0 Å². The minimum atomic E-state index is -3.26. The van der Waals surface area contributed by atoms with Gasteiger partial charge in [-0.15, -0.1) is 0 Å². The Morgan fingerprint density at radius 1 is 1.28 bits per heavy atom. The summed E-state index contributed by atoms with van der Waals surface area (Å²) in [5, 5.41) is 8.88. The number of carbonyl (C=O) groups excluding carboxylic acids is 1. The van der Waals surface area contributed by atoms with Gasteiger partial charge < -0.3 is 0 Å². The van der Waals surface area contributed by atoms with Gasteiger partial charge in [0.25, 0.3) is 0 Å². The van der Waals surface area contributed by atoms with Crippen molar-refractivity contribution in [1.29, 1.82) is 5.26 Å². The Hall–Kier alpha value is -1.67. The van der Waals surface area contributed by atoms with E-state index in [0.29, 0.717) is 5.56 Å². The number of hydrogen-bond donors (Lipinski definition) is 0. The Kier molecular flexibility index (Phi) is 3.92. The van der Waals surface area contributed by atoms with E-state index in [1.807, 2.05) is 6.07 Å². The molecule has 5 heteroatoms. The van der Waals surface area contributed by atoms with Crippen molar-refractivity contribution in [2.24, 2.45) is 5.41 Å². The lowest BCUT2D eigenvalue weighted by Crippen LogP contribution is -2.22. The third-order valence-electron chi connectivity index (χ3n) is 2.70. The van der Waals surface area contributed by atoms with Gasteiger partial charge in [0, 0.05) is 5.56 Å². The average Bonchev–Trinajstić information content (AvgIpc) is 2.38. The van der Waals surface area contributed by atoms with Gasteiger partial charge in [-0.2, -0.15) is 5.26 Å². The second-order valence-electron chi connectivity index (χ2n) is 4.49. The molecule has 0 unspecified atom stereocenters. The highest BCUT2D eigenvalue weighted by Crippen LogP contribution is 2.22. The zero-order valence-electron chi connectivity index (χ0n) is 10.6. The van der Waals surface area contributed by atoms with E-state index in [1.54, 1.807) is 6.92 Å². The molecule has 0 bridgehead atoms. The molecule has 1 rings (SSSR count). The van der Waals surface area contributed by atoms with Gasteiger partial charge in [-0.05, 0) is 26.0 Å². The molecule has 0 aliphatic heterocycles. The van der Waals surface area contributed by atoms with Gasteiger partial charge in [0.1, 0.15) is 5.41 Å². The number of benzene rings is 1. The van der Waals surface area contributed by atoms with Crippen molar-refractivity contribution in [1.82, 2.24) is 0 Å². The minimum absolute atomic E-state index is 0.0178. The number of sulfone groups is 1. The van der Waals surface area contributed by atoms with Gasteiger partial charge in [-0.1, -0.05) is 19.1 Å². The molecule has 0 atom stereocenters. The third kappa shape index (κ3) is 2.77. The predicted molar refractivity (Wildman–Crippen MR) is 67.9 cm³/mol. The summed E-state index contributed by atoms with van der Waals surface area (Å²) in [5.41, 5.74) is -0.762. The summed E-state index contributed by atoms with van der Waals surface area (Å²) in [6.45, 7) is 4.63. The van der Waals surface area contributed by atoms with Crippen LogP contribution in [0, 0.1) is 16.7 Å². The Morgan fingerprint density at radius 2 is 1.78 bits per heavy atom. The van der Waals surface area contributed by atoms with Crippen LogP contribution < -0.4 is 0 Å². The van der Waals surface area contributed by atoms with Crippen molar-refractivity contribution in [2.45, 2.75) is 25.7 Å². The summed E-state index contributed by atoms with van der Waals surface area (Å²) in [4.78, 5) is 12.1. The van der Waals surface area contributed by atoms with E-state index in [-0.39, 0.29) is 16.4 Å². The molecular formula is C13H15NO3S. The van der Waals surface area contributed by atoms with E-state index in [9.17, 15) is 13.2 Å². The van der Waals surface area contributed by atoms with Crippen molar-refractivity contribution in [3.63, 3.8) is 0 Å². The van der Waals surface area contributed by atoms with Gasteiger partial charge in [-0.25, -0.2) is 8.42 Å². The fraction of sp³-hybridized carbons (Fsp3) is 0.385. The molecule has 0 radical (unpaired) electrons. The molecular weight excluding hydrogens is 250 g/mol. The molecule has 0 saturated heterocycles. The van der Waals surface area contributed by atoms with Crippen LogP contribution in [-0.4, -0.2) is 20.0 Å². The lowest BCUT2D eigenvalue weighted by molar-refractivity contribution is 0.0892. The summed E-state index contributed by atoms with van der Waals surface area (Å²) >= 11 is 0. The lowest BCUT2D eigenvalue weighted by Gasteiger charge is -2.13. The molecule has 4 nitrogen and oxygen atoms in total. The zero-order chi connectivity index (χ0) is 14.0. The van der Waals surface area contributed by atoms with E-state index in [0.717, 1.165) is 0 Å². The van der Waals surface area contributed by atoms with Gasteiger partial charge in [-0.3, -0.25) is 4.79 Å². The molecule has 0 aromatic heterocycles. The summed E-state index contributed by atoms with van der Waals surface area (Å²) in [6.07, 6.45) is 0. The number of rotatable bonds is 4. The monoisotopic (exact) mass is 265 g/mol. The molecule has 1 aromatic carbocycles. The maximum absolute atomic E-state index is 12.0. The van der Waals surface area contributed by atoms with E-state index in [4.69, 9.17) is 5.26 Å². The van der Waals surface area contributed by atoms with Crippen LogP contribution in [-0.2, 0) is 9.84 Å². The molecule has 0 heterocycles. The fourth-order valence-corrected chi connectivity index (χ4v) is 2.28. The van der Waals surface area contributed by atoms with Crippen LogP contribution in [0.5, 0.6) is 0 Å². The molecule has 0 amide bonds. The Bertz CT molecular complexity index is 592. The van der Waals surface area contributed by atoms with Crippen molar-refractivity contribution < 1.29 is 13.2 Å². The summed E-state index contributed by atoms with van der Waals surface area (Å²) < 4.78 is 23.2. The lowest BCUT2D eigenvalue weighted by atomic mass is 9.86. The Labute approximate surface area is 107 Å². The van der Waals surface area contributed by atoms with Crippen LogP contribution in [0.1, 0.15) is 31.1 Å². The topological polar surface area (TPSA) is 75.0 Å². The van der Waals surface area contributed by atoms with Gasteiger partial charge in [0.15, 0.2) is 15.6 Å². The molecule has 0 saturated carbocycles. The average molecular weight is 265 g/mol. The largest absolute Gasteiger partial charge is 0.292 e. The maximum atomic E-state index is 12.0. The molecule has 96 valence electrons. The van der Waals surface area contributed by atoms with Crippen molar-refractivity contribution >= 4 is 15.6 Å². The summed E-state index contributed by atoms with van der Waals surface area (Å²) in [6, 6.07) is 7.63. The number of carbonyl (C=O) groups is 1. The maximum Gasteiger partial charge on any atom is 0.182 e. The number of nitriles is 1. The third-order valence-corrected chi connectivity index (χ3v) is 4.45. The van der Waals surface area contributed by atoms with Crippen LogP contribution in [0.4, 0.5) is 0 Å². The predicted octanol–water partition coefficient (Wildman–Crippen LogP) is 2.21. The smallest absolute Gasteiger partial charge is 0.182 e. The van der Waals surface area contributed by atoms with Crippen LogP contribution in [0.15, 0.2) is 29.2 Å².